The Morgan fingerprint density at radius 1 is 0.917 bits per heavy atom. The van der Waals surface area contributed by atoms with E-state index >= 15 is 0 Å². The van der Waals surface area contributed by atoms with E-state index in [-0.39, 0.29) is 17.2 Å². The van der Waals surface area contributed by atoms with Gasteiger partial charge in [0, 0.05) is 42.5 Å². The van der Waals surface area contributed by atoms with E-state index in [1.165, 1.54) is 38.7 Å². The molecular weight excluding hydrogens is 440 g/mol. The zero-order valence-electron chi connectivity index (χ0n) is 22.6. The number of benzene rings is 3. The molecular formula is C33H40N2O. The number of fused-ring (bicyclic) bond motifs is 1. The monoisotopic (exact) mass is 480 g/mol. The van der Waals surface area contributed by atoms with Gasteiger partial charge in [-0.05, 0) is 46.6 Å². The molecule has 0 spiro atoms. The molecule has 0 fully saturated rings. The Labute approximate surface area is 216 Å². The van der Waals surface area contributed by atoms with E-state index in [0.717, 1.165) is 6.54 Å². The van der Waals surface area contributed by atoms with Crippen molar-refractivity contribution >= 4 is 16.8 Å². The van der Waals surface area contributed by atoms with Gasteiger partial charge in [-0.2, -0.15) is 0 Å². The Balaban J connectivity index is 1.76. The molecule has 0 aliphatic carbocycles. The molecule has 1 amide bonds. The molecule has 0 aliphatic heterocycles. The Bertz CT molecular complexity index is 1300. The van der Waals surface area contributed by atoms with Gasteiger partial charge in [0.15, 0.2) is 0 Å². The van der Waals surface area contributed by atoms with Gasteiger partial charge in [-0.1, -0.05) is 107 Å². The number of carbonyl (C=O) groups excluding carboxylic acids is 1. The summed E-state index contributed by atoms with van der Waals surface area (Å²) in [5, 5.41) is 4.36. The highest BCUT2D eigenvalue weighted by Crippen LogP contribution is 2.36. The van der Waals surface area contributed by atoms with Gasteiger partial charge < -0.3 is 9.88 Å². The second-order valence-corrected chi connectivity index (χ2v) is 11.5. The third-order valence-corrected chi connectivity index (χ3v) is 6.94. The molecule has 0 unspecified atom stereocenters. The van der Waals surface area contributed by atoms with Gasteiger partial charge in [0.1, 0.15) is 0 Å². The van der Waals surface area contributed by atoms with Crippen molar-refractivity contribution in [3.63, 3.8) is 0 Å². The first kappa shape index (κ1) is 25.8. The molecule has 4 aromatic rings. The molecule has 4 rings (SSSR count). The van der Waals surface area contributed by atoms with Gasteiger partial charge >= 0.3 is 0 Å². The number of aryl methyl sites for hydroxylation is 1. The van der Waals surface area contributed by atoms with Crippen LogP contribution in [0.25, 0.3) is 10.9 Å². The number of nitrogens with one attached hydrogen (secondary N) is 1. The van der Waals surface area contributed by atoms with Crippen molar-refractivity contribution in [2.45, 2.75) is 65.8 Å². The minimum Gasteiger partial charge on any atom is -0.356 e. The Hall–Kier alpha value is -3.33. The third-order valence-electron chi connectivity index (χ3n) is 6.94. The van der Waals surface area contributed by atoms with Gasteiger partial charge in [0.05, 0.1) is 0 Å². The summed E-state index contributed by atoms with van der Waals surface area (Å²) in [6, 6.07) is 26.2. The minimum absolute atomic E-state index is 0.0182. The van der Waals surface area contributed by atoms with Crippen molar-refractivity contribution in [2.75, 3.05) is 6.54 Å². The number of carbonyl (C=O) groups is 1. The first-order valence-corrected chi connectivity index (χ1v) is 13.1. The molecule has 0 saturated heterocycles. The average Bonchev–Trinajstić information content (AvgIpc) is 3.20. The van der Waals surface area contributed by atoms with Crippen LogP contribution in [-0.2, 0) is 16.8 Å². The molecule has 1 heterocycles. The molecule has 36 heavy (non-hydrogen) atoms. The lowest BCUT2D eigenvalue weighted by Gasteiger charge is -2.22. The van der Waals surface area contributed by atoms with Crippen LogP contribution in [-0.4, -0.2) is 17.0 Å². The topological polar surface area (TPSA) is 34.0 Å². The van der Waals surface area contributed by atoms with Crippen LogP contribution in [0.5, 0.6) is 0 Å². The zero-order chi connectivity index (χ0) is 25.9. The quantitative estimate of drug-likeness (QED) is 0.277. The summed E-state index contributed by atoms with van der Waals surface area (Å²) >= 11 is 0. The number of rotatable bonds is 8. The molecule has 3 heteroatoms. The van der Waals surface area contributed by atoms with Crippen molar-refractivity contribution in [3.8, 4) is 0 Å². The van der Waals surface area contributed by atoms with Crippen molar-refractivity contribution in [1.82, 2.24) is 9.88 Å². The summed E-state index contributed by atoms with van der Waals surface area (Å²) in [5.74, 6) is 0.509. The Morgan fingerprint density at radius 2 is 1.58 bits per heavy atom. The fourth-order valence-electron chi connectivity index (χ4n) is 4.77. The number of hydrogen-bond acceptors (Lipinski definition) is 1. The molecule has 1 N–H and O–H groups in total. The molecule has 188 valence electrons. The fraction of sp³-hybridized carbons (Fsp3) is 0.364. The zero-order valence-corrected chi connectivity index (χ0v) is 22.6. The summed E-state index contributed by atoms with van der Waals surface area (Å²) < 4.78 is 2.33. The second kappa shape index (κ2) is 10.7. The van der Waals surface area contributed by atoms with Crippen LogP contribution in [0, 0.1) is 12.8 Å². The summed E-state index contributed by atoms with van der Waals surface area (Å²) in [5.41, 5.74) is 7.52. The molecule has 3 nitrogen and oxygen atoms in total. The van der Waals surface area contributed by atoms with E-state index in [2.05, 4.69) is 130 Å². The summed E-state index contributed by atoms with van der Waals surface area (Å²) in [7, 11) is 0. The number of hydrogen-bond donors (Lipinski definition) is 1. The third kappa shape index (κ3) is 6.07. The van der Waals surface area contributed by atoms with E-state index in [4.69, 9.17) is 0 Å². The maximum Gasteiger partial charge on any atom is 0.220 e. The predicted molar refractivity (Wildman–Crippen MR) is 152 cm³/mol. The van der Waals surface area contributed by atoms with Crippen LogP contribution in [0.4, 0.5) is 0 Å². The molecule has 0 bridgehead atoms. The first-order valence-electron chi connectivity index (χ1n) is 13.1. The highest BCUT2D eigenvalue weighted by Gasteiger charge is 2.24. The molecule has 1 atom stereocenters. The lowest BCUT2D eigenvalue weighted by Crippen LogP contribution is -2.28. The van der Waals surface area contributed by atoms with E-state index in [1.54, 1.807) is 0 Å². The van der Waals surface area contributed by atoms with Gasteiger partial charge in [-0.25, -0.2) is 0 Å². The Morgan fingerprint density at radius 3 is 2.22 bits per heavy atom. The number of amides is 1. The lowest BCUT2D eigenvalue weighted by atomic mass is 9.83. The van der Waals surface area contributed by atoms with Crippen LogP contribution in [0.15, 0.2) is 79.0 Å². The maximum absolute atomic E-state index is 13.1. The molecule has 0 saturated carbocycles. The van der Waals surface area contributed by atoms with Gasteiger partial charge in [0.25, 0.3) is 0 Å². The second-order valence-electron chi connectivity index (χ2n) is 11.5. The summed E-state index contributed by atoms with van der Waals surface area (Å²) in [6.07, 6.45) is 2.70. The largest absolute Gasteiger partial charge is 0.356 e. The smallest absolute Gasteiger partial charge is 0.220 e. The van der Waals surface area contributed by atoms with Crippen molar-refractivity contribution < 1.29 is 4.79 Å². The van der Waals surface area contributed by atoms with Crippen molar-refractivity contribution in [1.29, 1.82) is 0 Å². The van der Waals surface area contributed by atoms with E-state index < -0.39 is 0 Å². The fourth-order valence-corrected chi connectivity index (χ4v) is 4.77. The summed E-state index contributed by atoms with van der Waals surface area (Å²) in [6.45, 7) is 14.6. The van der Waals surface area contributed by atoms with Crippen LogP contribution in [0.2, 0.25) is 0 Å². The Kier molecular flexibility index (Phi) is 7.68. The lowest BCUT2D eigenvalue weighted by molar-refractivity contribution is -0.121. The number of aromatic nitrogens is 1. The normalized spacial score (nSPS) is 12.8. The van der Waals surface area contributed by atoms with E-state index in [0.29, 0.717) is 18.9 Å². The first-order chi connectivity index (χ1) is 17.1. The standard InChI is InChI=1S/C33H40N2O/c1-23(2)20-34-32(36)19-29(26-15-17-27(18-16-26)33(4,5)6)30-22-35(31-10-8-7-9-28(30)31)21-25-13-11-24(3)12-14-25/h7-18,22-23,29H,19-21H2,1-6H3,(H,34,36)/t29-/m0/s1. The van der Waals surface area contributed by atoms with Gasteiger partial charge in [-0.3, -0.25) is 4.79 Å². The highest BCUT2D eigenvalue weighted by atomic mass is 16.1. The molecule has 0 aliphatic rings. The number of para-hydroxylation sites is 1. The molecule has 3 aromatic carbocycles. The maximum atomic E-state index is 13.1. The van der Waals surface area contributed by atoms with E-state index in [1.807, 2.05) is 0 Å². The molecule has 1 aromatic heterocycles. The van der Waals surface area contributed by atoms with Crippen molar-refractivity contribution in [3.05, 3.63) is 107 Å². The highest BCUT2D eigenvalue weighted by molar-refractivity contribution is 5.86. The summed E-state index contributed by atoms with van der Waals surface area (Å²) in [4.78, 5) is 13.1. The predicted octanol–water partition coefficient (Wildman–Crippen LogP) is 7.59. The average molecular weight is 481 g/mol. The molecule has 0 radical (unpaired) electrons. The SMILES string of the molecule is Cc1ccc(Cn2cc([C@@H](CC(=O)NCC(C)C)c3ccc(C(C)(C)C)cc3)c3ccccc32)cc1. The van der Waals surface area contributed by atoms with Crippen molar-refractivity contribution in [2.24, 2.45) is 5.92 Å². The number of nitrogens with zero attached hydrogens (tertiary/aromatic N) is 1. The van der Waals surface area contributed by atoms with Crippen LogP contribution in [0.3, 0.4) is 0 Å². The van der Waals surface area contributed by atoms with Gasteiger partial charge in [-0.15, -0.1) is 0 Å². The van der Waals surface area contributed by atoms with Crippen LogP contribution >= 0.6 is 0 Å². The van der Waals surface area contributed by atoms with Crippen LogP contribution in [0.1, 0.15) is 74.8 Å². The minimum atomic E-state index is -0.0182. The van der Waals surface area contributed by atoms with E-state index in [9.17, 15) is 4.79 Å². The van der Waals surface area contributed by atoms with Crippen LogP contribution < -0.4 is 5.32 Å². The van der Waals surface area contributed by atoms with Gasteiger partial charge in [0.2, 0.25) is 5.91 Å².